The summed E-state index contributed by atoms with van der Waals surface area (Å²) in [4.78, 5) is 24.8. The van der Waals surface area contributed by atoms with E-state index in [0.29, 0.717) is 10.9 Å². The van der Waals surface area contributed by atoms with Crippen LogP contribution in [0.4, 0.5) is 0 Å². The second-order valence-corrected chi connectivity index (χ2v) is 4.76. The van der Waals surface area contributed by atoms with E-state index in [1.54, 1.807) is 35.6 Å². The molecule has 0 bridgehead atoms. The average molecular weight is 266 g/mol. The molecule has 5 heteroatoms. The van der Waals surface area contributed by atoms with Crippen LogP contribution in [0.1, 0.15) is 18.5 Å². The van der Waals surface area contributed by atoms with Gasteiger partial charge in [0, 0.05) is 30.8 Å². The second-order valence-electron chi connectivity index (χ2n) is 4.76. The van der Waals surface area contributed by atoms with Crippen molar-refractivity contribution in [2.75, 3.05) is 0 Å². The number of aromatic nitrogens is 4. The highest BCUT2D eigenvalue weighted by molar-refractivity contribution is 5.75. The van der Waals surface area contributed by atoms with Gasteiger partial charge in [-0.15, -0.1) is 0 Å². The van der Waals surface area contributed by atoms with Crippen LogP contribution in [0.25, 0.3) is 10.9 Å². The quantitative estimate of drug-likeness (QED) is 0.727. The molecule has 0 N–H and O–H groups in total. The van der Waals surface area contributed by atoms with Gasteiger partial charge < -0.3 is 0 Å². The Kier molecular flexibility index (Phi) is 3.25. The predicted octanol–water partition coefficient (Wildman–Crippen LogP) is 1.99. The third kappa shape index (κ3) is 2.30. The van der Waals surface area contributed by atoms with Crippen molar-refractivity contribution in [1.82, 2.24) is 19.5 Å². The summed E-state index contributed by atoms with van der Waals surface area (Å²) in [6, 6.07) is 5.66. The summed E-state index contributed by atoms with van der Waals surface area (Å²) < 4.78 is 1.65. The maximum atomic E-state index is 12.4. The van der Waals surface area contributed by atoms with Gasteiger partial charge in [0.1, 0.15) is 0 Å². The van der Waals surface area contributed by atoms with Crippen molar-refractivity contribution in [2.24, 2.45) is 0 Å². The first kappa shape index (κ1) is 12.5. The van der Waals surface area contributed by atoms with Crippen molar-refractivity contribution < 1.29 is 0 Å². The van der Waals surface area contributed by atoms with E-state index in [1.807, 2.05) is 25.3 Å². The number of hydrogen-bond donors (Lipinski definition) is 0. The molecule has 100 valence electrons. The van der Waals surface area contributed by atoms with Crippen molar-refractivity contribution in [3.63, 3.8) is 0 Å². The highest BCUT2D eigenvalue weighted by Crippen LogP contribution is 2.12. The molecular weight excluding hydrogens is 252 g/mol. The largest absolute Gasteiger partial charge is 0.296 e. The van der Waals surface area contributed by atoms with Gasteiger partial charge >= 0.3 is 0 Å². The highest BCUT2D eigenvalue weighted by atomic mass is 16.1. The molecule has 20 heavy (non-hydrogen) atoms. The molecule has 0 aliphatic heterocycles. The average Bonchev–Trinajstić information content (AvgIpc) is 2.49. The second kappa shape index (κ2) is 5.21. The Hall–Kier alpha value is -2.56. The van der Waals surface area contributed by atoms with Gasteiger partial charge in [0.05, 0.1) is 17.2 Å². The summed E-state index contributed by atoms with van der Waals surface area (Å²) in [7, 11) is 0. The van der Waals surface area contributed by atoms with Crippen LogP contribution in [-0.4, -0.2) is 19.5 Å². The number of nitrogens with zero attached hydrogens (tertiary/aromatic N) is 4. The third-order valence-electron chi connectivity index (χ3n) is 3.31. The summed E-state index contributed by atoms with van der Waals surface area (Å²) in [5.74, 6) is 0. The van der Waals surface area contributed by atoms with Crippen molar-refractivity contribution >= 4 is 10.9 Å². The maximum Gasteiger partial charge on any atom is 0.263 e. The molecule has 3 aromatic heterocycles. The Morgan fingerprint density at radius 3 is 2.85 bits per heavy atom. The molecule has 0 radical (unpaired) electrons. The lowest BCUT2D eigenvalue weighted by Gasteiger charge is -2.14. The third-order valence-corrected chi connectivity index (χ3v) is 3.31. The van der Waals surface area contributed by atoms with Crippen molar-refractivity contribution in [1.29, 1.82) is 0 Å². The molecule has 0 saturated heterocycles. The number of pyridine rings is 2. The summed E-state index contributed by atoms with van der Waals surface area (Å²) >= 11 is 0. The van der Waals surface area contributed by atoms with E-state index in [0.717, 1.165) is 12.0 Å². The standard InChI is InChI=1S/C15H14N4O/c1-11(7-12-3-2-5-16-8-12)19-10-18-14-4-6-17-9-13(14)15(19)20/h2-6,8-11H,7H2,1H3/t11-/m1/s1. The van der Waals surface area contributed by atoms with E-state index in [2.05, 4.69) is 15.0 Å². The topological polar surface area (TPSA) is 60.7 Å². The minimum absolute atomic E-state index is 0.0174. The first-order valence-corrected chi connectivity index (χ1v) is 6.45. The van der Waals surface area contributed by atoms with Crippen LogP contribution in [0, 0.1) is 0 Å². The summed E-state index contributed by atoms with van der Waals surface area (Å²) in [5, 5.41) is 0.549. The summed E-state index contributed by atoms with van der Waals surface area (Å²) in [6.07, 6.45) is 9.10. The number of fused-ring (bicyclic) bond motifs is 1. The Morgan fingerprint density at radius 2 is 2.05 bits per heavy atom. The van der Waals surface area contributed by atoms with Gasteiger partial charge in [-0.1, -0.05) is 6.07 Å². The van der Waals surface area contributed by atoms with E-state index in [-0.39, 0.29) is 11.6 Å². The maximum absolute atomic E-state index is 12.4. The fourth-order valence-electron chi connectivity index (χ4n) is 2.25. The van der Waals surface area contributed by atoms with Crippen LogP contribution < -0.4 is 5.56 Å². The molecule has 0 aliphatic carbocycles. The predicted molar refractivity (Wildman–Crippen MR) is 76.5 cm³/mol. The van der Waals surface area contributed by atoms with Gasteiger partial charge in [0.2, 0.25) is 0 Å². The SMILES string of the molecule is C[C@H](Cc1cccnc1)n1cnc2ccncc2c1=O. The van der Waals surface area contributed by atoms with Crippen molar-refractivity contribution in [3.05, 3.63) is 65.2 Å². The first-order valence-electron chi connectivity index (χ1n) is 6.45. The van der Waals surface area contributed by atoms with Crippen LogP contribution >= 0.6 is 0 Å². The van der Waals surface area contributed by atoms with Gasteiger partial charge in [-0.25, -0.2) is 4.98 Å². The molecule has 0 fully saturated rings. The van der Waals surface area contributed by atoms with E-state index >= 15 is 0 Å². The van der Waals surface area contributed by atoms with E-state index in [1.165, 1.54) is 0 Å². The fraction of sp³-hybridized carbons (Fsp3) is 0.200. The van der Waals surface area contributed by atoms with E-state index in [9.17, 15) is 4.79 Å². The van der Waals surface area contributed by atoms with Crippen LogP contribution in [0.5, 0.6) is 0 Å². The Bertz CT molecular complexity index is 782. The fourth-order valence-corrected chi connectivity index (χ4v) is 2.25. The Balaban J connectivity index is 1.98. The monoisotopic (exact) mass is 266 g/mol. The van der Waals surface area contributed by atoms with Crippen molar-refractivity contribution in [2.45, 2.75) is 19.4 Å². The smallest absolute Gasteiger partial charge is 0.263 e. The van der Waals surface area contributed by atoms with Gasteiger partial charge in [-0.3, -0.25) is 19.3 Å². The minimum Gasteiger partial charge on any atom is -0.296 e. The molecule has 3 aromatic rings. The first-order chi connectivity index (χ1) is 9.75. The molecule has 3 rings (SSSR count). The van der Waals surface area contributed by atoms with E-state index in [4.69, 9.17) is 0 Å². The van der Waals surface area contributed by atoms with Gasteiger partial charge in [0.15, 0.2) is 0 Å². The van der Waals surface area contributed by atoms with Gasteiger partial charge in [-0.05, 0) is 31.0 Å². The number of hydrogen-bond acceptors (Lipinski definition) is 4. The lowest BCUT2D eigenvalue weighted by atomic mass is 10.1. The summed E-state index contributed by atoms with van der Waals surface area (Å²) in [6.45, 7) is 2.00. The lowest BCUT2D eigenvalue weighted by Crippen LogP contribution is -2.25. The zero-order valence-corrected chi connectivity index (χ0v) is 11.1. The molecule has 0 saturated carbocycles. The number of rotatable bonds is 3. The molecule has 0 unspecified atom stereocenters. The molecule has 5 nitrogen and oxygen atoms in total. The Morgan fingerprint density at radius 1 is 1.20 bits per heavy atom. The zero-order chi connectivity index (χ0) is 13.9. The van der Waals surface area contributed by atoms with E-state index < -0.39 is 0 Å². The molecule has 0 aromatic carbocycles. The molecule has 0 aliphatic rings. The van der Waals surface area contributed by atoms with Gasteiger partial charge in [-0.2, -0.15) is 0 Å². The lowest BCUT2D eigenvalue weighted by molar-refractivity contribution is 0.522. The molecule has 0 spiro atoms. The zero-order valence-electron chi connectivity index (χ0n) is 11.1. The van der Waals surface area contributed by atoms with Crippen LogP contribution in [-0.2, 0) is 6.42 Å². The molecule has 1 atom stereocenters. The Labute approximate surface area is 116 Å². The summed E-state index contributed by atoms with van der Waals surface area (Å²) in [5.41, 5.74) is 1.72. The normalized spacial score (nSPS) is 12.4. The van der Waals surface area contributed by atoms with Crippen LogP contribution in [0.15, 0.2) is 54.1 Å². The van der Waals surface area contributed by atoms with Gasteiger partial charge in [0.25, 0.3) is 5.56 Å². The highest BCUT2D eigenvalue weighted by Gasteiger charge is 2.10. The van der Waals surface area contributed by atoms with Crippen LogP contribution in [0.2, 0.25) is 0 Å². The minimum atomic E-state index is -0.0560. The molecule has 3 heterocycles. The van der Waals surface area contributed by atoms with Crippen LogP contribution in [0.3, 0.4) is 0 Å². The molecular formula is C15H14N4O. The van der Waals surface area contributed by atoms with Crippen molar-refractivity contribution in [3.8, 4) is 0 Å². The molecule has 0 amide bonds.